The molecule has 1 saturated heterocycles. The van der Waals surface area contributed by atoms with Gasteiger partial charge in [0, 0.05) is 23.4 Å². The van der Waals surface area contributed by atoms with Crippen molar-refractivity contribution in [2.24, 2.45) is 11.8 Å². The van der Waals surface area contributed by atoms with Crippen molar-refractivity contribution < 1.29 is 9.59 Å². The van der Waals surface area contributed by atoms with Crippen molar-refractivity contribution in [1.82, 2.24) is 4.90 Å². The van der Waals surface area contributed by atoms with Crippen LogP contribution in [0.25, 0.3) is 0 Å². The number of fused-ring (bicyclic) bond motifs is 1. The van der Waals surface area contributed by atoms with E-state index >= 15 is 0 Å². The van der Waals surface area contributed by atoms with Crippen LogP contribution in [0.5, 0.6) is 0 Å². The number of likely N-dealkylation sites (tertiary alicyclic amines) is 1. The Morgan fingerprint density at radius 3 is 1.59 bits per heavy atom. The predicted molar refractivity (Wildman–Crippen MR) is 126 cm³/mol. The van der Waals surface area contributed by atoms with Crippen molar-refractivity contribution in [3.05, 3.63) is 119 Å². The molecule has 32 heavy (non-hydrogen) atoms. The first-order valence-electron chi connectivity index (χ1n) is 11.0. The summed E-state index contributed by atoms with van der Waals surface area (Å²) in [6.07, 6.45) is 4.87. The highest BCUT2D eigenvalue weighted by molar-refractivity contribution is 6.30. The molecule has 4 unspecified atom stereocenters. The lowest BCUT2D eigenvalue weighted by Gasteiger charge is -2.32. The van der Waals surface area contributed by atoms with Crippen molar-refractivity contribution in [3.8, 4) is 0 Å². The van der Waals surface area contributed by atoms with Crippen LogP contribution < -0.4 is 0 Å². The molecular formula is C28H24ClNO2. The minimum atomic E-state index is -0.384. The molecule has 1 aliphatic carbocycles. The number of hydrogen-bond acceptors (Lipinski definition) is 2. The van der Waals surface area contributed by atoms with Gasteiger partial charge in [-0.1, -0.05) is 96.5 Å². The first kappa shape index (κ1) is 20.7. The van der Waals surface area contributed by atoms with Crippen LogP contribution >= 0.6 is 11.6 Å². The molecule has 0 N–H and O–H groups in total. The summed E-state index contributed by atoms with van der Waals surface area (Å²) in [5.74, 6) is -1.09. The van der Waals surface area contributed by atoms with E-state index in [4.69, 9.17) is 11.6 Å². The lowest BCUT2D eigenvalue weighted by molar-refractivity contribution is -0.139. The molecule has 4 heteroatoms. The van der Waals surface area contributed by atoms with E-state index in [1.165, 1.54) is 4.90 Å². The number of nitrogens with zero attached hydrogens (tertiary/aromatic N) is 1. The van der Waals surface area contributed by atoms with E-state index in [9.17, 15) is 9.59 Å². The smallest absolute Gasteiger partial charge is 0.234 e. The summed E-state index contributed by atoms with van der Waals surface area (Å²) in [5, 5.41) is 0.676. The number of carbonyl (C=O) groups excluding carboxylic acids is 2. The fraction of sp³-hybridized carbons (Fsp3) is 0.214. The zero-order valence-electron chi connectivity index (χ0n) is 17.6. The van der Waals surface area contributed by atoms with E-state index in [2.05, 4.69) is 12.2 Å². The number of carbonyl (C=O) groups is 2. The van der Waals surface area contributed by atoms with Gasteiger partial charge >= 0.3 is 0 Å². The van der Waals surface area contributed by atoms with Gasteiger partial charge in [-0.2, -0.15) is 0 Å². The van der Waals surface area contributed by atoms with Crippen LogP contribution in [0.4, 0.5) is 0 Å². The fourth-order valence-electron chi connectivity index (χ4n) is 5.11. The fourth-order valence-corrected chi connectivity index (χ4v) is 5.23. The third-order valence-electron chi connectivity index (χ3n) is 6.70. The van der Waals surface area contributed by atoms with Gasteiger partial charge in [-0.3, -0.25) is 14.5 Å². The van der Waals surface area contributed by atoms with Gasteiger partial charge < -0.3 is 0 Å². The first-order valence-corrected chi connectivity index (χ1v) is 11.4. The second-order valence-corrected chi connectivity index (χ2v) is 8.95. The number of allylic oxidation sites excluding steroid dienone is 2. The molecule has 3 aromatic carbocycles. The molecule has 3 nitrogen and oxygen atoms in total. The van der Waals surface area contributed by atoms with Crippen LogP contribution in [0.3, 0.4) is 0 Å². The second-order valence-electron chi connectivity index (χ2n) is 8.51. The summed E-state index contributed by atoms with van der Waals surface area (Å²) >= 11 is 5.99. The molecule has 3 aromatic rings. The minimum Gasteiger partial charge on any atom is -0.282 e. The SMILES string of the molecule is O=C1C2C(c3ccccc3)C=CC(c3ccccc3)C2C(=O)N1CCc1ccc(Cl)cc1. The molecule has 2 amide bonds. The van der Waals surface area contributed by atoms with Gasteiger partial charge in [0.05, 0.1) is 11.8 Å². The molecule has 0 aromatic heterocycles. The van der Waals surface area contributed by atoms with Gasteiger partial charge in [-0.25, -0.2) is 0 Å². The molecule has 2 aliphatic rings. The number of imide groups is 1. The van der Waals surface area contributed by atoms with Crippen molar-refractivity contribution in [3.63, 3.8) is 0 Å². The maximum absolute atomic E-state index is 13.6. The Labute approximate surface area is 193 Å². The van der Waals surface area contributed by atoms with Crippen molar-refractivity contribution >= 4 is 23.4 Å². The average Bonchev–Trinajstić information content (AvgIpc) is 3.09. The number of benzene rings is 3. The largest absolute Gasteiger partial charge is 0.282 e. The van der Waals surface area contributed by atoms with Gasteiger partial charge in [0.1, 0.15) is 0 Å². The zero-order chi connectivity index (χ0) is 22.1. The quantitative estimate of drug-likeness (QED) is 0.380. The third kappa shape index (κ3) is 3.78. The molecule has 0 spiro atoms. The van der Waals surface area contributed by atoms with Crippen LogP contribution in [0.15, 0.2) is 97.1 Å². The Balaban J connectivity index is 1.48. The molecule has 0 bridgehead atoms. The topological polar surface area (TPSA) is 37.4 Å². The van der Waals surface area contributed by atoms with Gasteiger partial charge in [-0.15, -0.1) is 0 Å². The Morgan fingerprint density at radius 1 is 0.656 bits per heavy atom. The van der Waals surface area contributed by atoms with E-state index in [1.54, 1.807) is 0 Å². The normalized spacial score (nSPS) is 24.6. The molecule has 160 valence electrons. The van der Waals surface area contributed by atoms with Gasteiger partial charge in [0.15, 0.2) is 0 Å². The van der Waals surface area contributed by atoms with Crippen LogP contribution in [-0.2, 0) is 16.0 Å². The summed E-state index contributed by atoms with van der Waals surface area (Å²) in [4.78, 5) is 28.8. The molecule has 4 atom stereocenters. The van der Waals surface area contributed by atoms with Crippen molar-refractivity contribution in [1.29, 1.82) is 0 Å². The van der Waals surface area contributed by atoms with E-state index in [-0.39, 0.29) is 35.5 Å². The Kier molecular flexibility index (Phi) is 5.67. The average molecular weight is 442 g/mol. The van der Waals surface area contributed by atoms with Crippen molar-refractivity contribution in [2.75, 3.05) is 6.54 Å². The number of hydrogen-bond donors (Lipinski definition) is 0. The predicted octanol–water partition coefficient (Wildman–Crippen LogP) is 5.62. The summed E-state index contributed by atoms with van der Waals surface area (Å²) in [6.45, 7) is 0.384. The monoisotopic (exact) mass is 441 g/mol. The first-order chi connectivity index (χ1) is 15.6. The molecule has 1 fully saturated rings. The van der Waals surface area contributed by atoms with Gasteiger partial charge in [0.2, 0.25) is 11.8 Å². The van der Waals surface area contributed by atoms with Crippen LogP contribution in [0, 0.1) is 11.8 Å². The molecule has 5 rings (SSSR count). The highest BCUT2D eigenvalue weighted by atomic mass is 35.5. The van der Waals surface area contributed by atoms with E-state index < -0.39 is 0 Å². The van der Waals surface area contributed by atoms with Crippen LogP contribution in [0.2, 0.25) is 5.02 Å². The Bertz CT molecular complexity index is 1070. The zero-order valence-corrected chi connectivity index (χ0v) is 18.4. The maximum atomic E-state index is 13.6. The number of halogens is 1. The Morgan fingerprint density at radius 2 is 1.12 bits per heavy atom. The van der Waals surface area contributed by atoms with E-state index in [1.807, 2.05) is 84.9 Å². The molecule has 1 heterocycles. The Hall–Kier alpha value is -3.17. The van der Waals surface area contributed by atoms with E-state index in [0.29, 0.717) is 18.0 Å². The highest BCUT2D eigenvalue weighted by Crippen LogP contribution is 2.49. The summed E-state index contributed by atoms with van der Waals surface area (Å²) < 4.78 is 0. The summed E-state index contributed by atoms with van der Waals surface area (Å²) in [6, 6.07) is 27.6. The lowest BCUT2D eigenvalue weighted by Crippen LogP contribution is -2.33. The summed E-state index contributed by atoms with van der Waals surface area (Å²) in [5.41, 5.74) is 3.21. The third-order valence-corrected chi connectivity index (χ3v) is 6.95. The number of amides is 2. The van der Waals surface area contributed by atoms with E-state index in [0.717, 1.165) is 16.7 Å². The molecule has 1 aliphatic heterocycles. The molecule has 0 radical (unpaired) electrons. The molecular weight excluding hydrogens is 418 g/mol. The van der Waals surface area contributed by atoms with Gasteiger partial charge in [0.25, 0.3) is 0 Å². The standard InChI is InChI=1S/C28H24ClNO2/c29-22-13-11-19(12-14-22)17-18-30-27(31)25-23(20-7-3-1-4-8-20)15-16-24(26(25)28(30)32)21-9-5-2-6-10-21/h1-16,23-26H,17-18H2. The second kappa shape index (κ2) is 8.76. The van der Waals surface area contributed by atoms with Crippen molar-refractivity contribution in [2.45, 2.75) is 18.3 Å². The number of rotatable bonds is 5. The minimum absolute atomic E-state index is 0.0619. The highest BCUT2D eigenvalue weighted by Gasteiger charge is 2.54. The summed E-state index contributed by atoms with van der Waals surface area (Å²) in [7, 11) is 0. The van der Waals surface area contributed by atoms with Crippen LogP contribution in [0.1, 0.15) is 28.5 Å². The lowest BCUT2D eigenvalue weighted by atomic mass is 9.68. The van der Waals surface area contributed by atoms with Gasteiger partial charge in [-0.05, 0) is 35.2 Å². The maximum Gasteiger partial charge on any atom is 0.234 e. The molecule has 0 saturated carbocycles. The van der Waals surface area contributed by atoms with Crippen LogP contribution in [-0.4, -0.2) is 23.3 Å².